The third-order valence-electron chi connectivity index (χ3n) is 4.86. The molecule has 0 atom stereocenters. The Morgan fingerprint density at radius 3 is 2.42 bits per heavy atom. The molecular formula is C21H21ClN6O2S. The first-order valence-corrected chi connectivity index (χ1v) is 11.3. The van der Waals surface area contributed by atoms with Crippen molar-refractivity contribution in [3.63, 3.8) is 0 Å². The molecule has 2 aromatic carbocycles. The fraction of sp³-hybridized carbons (Fsp3) is 0.190. The minimum atomic E-state index is -3.85. The number of halogens is 1. The lowest BCUT2D eigenvalue weighted by molar-refractivity contribution is 0.587. The molecule has 0 spiro atoms. The van der Waals surface area contributed by atoms with Crippen molar-refractivity contribution in [2.75, 3.05) is 10.5 Å². The zero-order chi connectivity index (χ0) is 22.4. The third-order valence-corrected chi connectivity index (χ3v) is 6.47. The van der Waals surface area contributed by atoms with Gasteiger partial charge in [-0.05, 0) is 41.3 Å². The number of nitrogen functional groups attached to an aromatic ring is 1. The van der Waals surface area contributed by atoms with Gasteiger partial charge in [0.1, 0.15) is 12.7 Å². The molecular weight excluding hydrogens is 436 g/mol. The molecule has 10 heteroatoms. The molecule has 0 saturated carbocycles. The summed E-state index contributed by atoms with van der Waals surface area (Å²) in [4.78, 5) is 12.6. The number of imidazole rings is 1. The van der Waals surface area contributed by atoms with Crippen LogP contribution in [0.4, 0.5) is 11.5 Å². The lowest BCUT2D eigenvalue weighted by atomic mass is 9.87. The molecule has 0 bridgehead atoms. The van der Waals surface area contributed by atoms with E-state index in [1.165, 1.54) is 12.7 Å². The first kappa shape index (κ1) is 21.1. The average Bonchev–Trinajstić information content (AvgIpc) is 3.14. The highest BCUT2D eigenvalue weighted by Crippen LogP contribution is 2.30. The molecule has 31 heavy (non-hydrogen) atoms. The van der Waals surface area contributed by atoms with Crippen LogP contribution in [0, 0.1) is 0 Å². The van der Waals surface area contributed by atoms with Crippen molar-refractivity contribution in [2.24, 2.45) is 0 Å². The number of fused-ring (bicyclic) bond motifs is 1. The second-order valence-corrected chi connectivity index (χ2v) is 10.2. The maximum absolute atomic E-state index is 13.1. The average molecular weight is 457 g/mol. The lowest BCUT2D eigenvalue weighted by Crippen LogP contribution is -2.16. The molecule has 0 unspecified atom stereocenters. The standard InChI is InChI=1S/C21H21ClN6O2S/c1-21(2,3)13-4-7-15(8-5-13)31(29,30)27-16-9-6-14(22)10-17(16)28-12-26-18-19(23)24-11-25-20(18)28/h4-12,27H,1-3H3,(H2,23,24,25). The van der Waals surface area contributed by atoms with E-state index in [4.69, 9.17) is 17.3 Å². The van der Waals surface area contributed by atoms with Crippen molar-refractivity contribution in [3.8, 4) is 5.69 Å². The molecule has 0 radical (unpaired) electrons. The van der Waals surface area contributed by atoms with Crippen molar-refractivity contribution >= 4 is 44.3 Å². The molecule has 2 aromatic heterocycles. The number of nitrogens with zero attached hydrogens (tertiary/aromatic N) is 4. The number of nitrogens with one attached hydrogen (secondary N) is 1. The topological polar surface area (TPSA) is 116 Å². The predicted octanol–water partition coefficient (Wildman–Crippen LogP) is 4.15. The largest absolute Gasteiger partial charge is 0.382 e. The van der Waals surface area contributed by atoms with Gasteiger partial charge in [-0.2, -0.15) is 0 Å². The van der Waals surface area contributed by atoms with Crippen LogP contribution in [0.1, 0.15) is 26.3 Å². The number of benzene rings is 2. The van der Waals surface area contributed by atoms with Crippen LogP contribution in [0.3, 0.4) is 0 Å². The van der Waals surface area contributed by atoms with E-state index in [1.54, 1.807) is 34.9 Å². The highest BCUT2D eigenvalue weighted by atomic mass is 35.5. The van der Waals surface area contributed by atoms with E-state index in [0.29, 0.717) is 27.6 Å². The Balaban J connectivity index is 1.76. The molecule has 160 valence electrons. The molecule has 2 heterocycles. The van der Waals surface area contributed by atoms with E-state index in [0.717, 1.165) is 5.56 Å². The SMILES string of the molecule is CC(C)(C)c1ccc(S(=O)(=O)Nc2ccc(Cl)cc2-n2cnc3c(N)ncnc32)cc1. The third kappa shape index (κ3) is 4.06. The molecule has 4 aromatic rings. The fourth-order valence-corrected chi connectivity index (χ4v) is 4.40. The van der Waals surface area contributed by atoms with Gasteiger partial charge in [0.25, 0.3) is 10.0 Å². The zero-order valence-corrected chi connectivity index (χ0v) is 18.7. The van der Waals surface area contributed by atoms with Crippen molar-refractivity contribution < 1.29 is 8.42 Å². The Labute approximate surface area is 185 Å². The summed E-state index contributed by atoms with van der Waals surface area (Å²) in [6.07, 6.45) is 2.82. The van der Waals surface area contributed by atoms with Crippen LogP contribution in [-0.4, -0.2) is 27.9 Å². The predicted molar refractivity (Wildman–Crippen MR) is 122 cm³/mol. The summed E-state index contributed by atoms with van der Waals surface area (Å²) < 4.78 is 30.4. The smallest absolute Gasteiger partial charge is 0.261 e. The van der Waals surface area contributed by atoms with E-state index >= 15 is 0 Å². The quantitative estimate of drug-likeness (QED) is 0.476. The van der Waals surface area contributed by atoms with Gasteiger partial charge >= 0.3 is 0 Å². The highest BCUT2D eigenvalue weighted by molar-refractivity contribution is 7.92. The summed E-state index contributed by atoms with van der Waals surface area (Å²) in [6, 6.07) is 11.7. The van der Waals surface area contributed by atoms with Gasteiger partial charge in [0.05, 0.1) is 16.3 Å². The first-order chi connectivity index (χ1) is 14.6. The van der Waals surface area contributed by atoms with E-state index in [1.807, 2.05) is 12.1 Å². The van der Waals surface area contributed by atoms with Crippen LogP contribution in [0.25, 0.3) is 16.9 Å². The number of nitrogens with two attached hydrogens (primary N) is 1. The summed E-state index contributed by atoms with van der Waals surface area (Å²) in [7, 11) is -3.85. The van der Waals surface area contributed by atoms with Gasteiger partial charge in [-0.1, -0.05) is 44.5 Å². The van der Waals surface area contributed by atoms with Crippen LogP contribution in [0.5, 0.6) is 0 Å². The van der Waals surface area contributed by atoms with Crippen molar-refractivity contribution in [3.05, 3.63) is 65.7 Å². The van der Waals surface area contributed by atoms with Gasteiger partial charge in [0, 0.05) is 5.02 Å². The van der Waals surface area contributed by atoms with Gasteiger partial charge in [-0.25, -0.2) is 23.4 Å². The van der Waals surface area contributed by atoms with E-state index in [9.17, 15) is 8.42 Å². The highest BCUT2D eigenvalue weighted by Gasteiger charge is 2.20. The van der Waals surface area contributed by atoms with Gasteiger partial charge < -0.3 is 5.73 Å². The Hall–Kier alpha value is -3.17. The van der Waals surface area contributed by atoms with E-state index in [-0.39, 0.29) is 16.1 Å². The van der Waals surface area contributed by atoms with Gasteiger partial charge in [-0.15, -0.1) is 0 Å². The van der Waals surface area contributed by atoms with Gasteiger partial charge in [0.15, 0.2) is 17.0 Å². The lowest BCUT2D eigenvalue weighted by Gasteiger charge is -2.19. The molecule has 4 rings (SSSR count). The Morgan fingerprint density at radius 2 is 1.74 bits per heavy atom. The van der Waals surface area contributed by atoms with Crippen LogP contribution in [0.15, 0.2) is 60.0 Å². The number of hydrogen-bond acceptors (Lipinski definition) is 6. The van der Waals surface area contributed by atoms with Crippen molar-refractivity contribution in [2.45, 2.75) is 31.1 Å². The second kappa shape index (κ2) is 7.51. The van der Waals surface area contributed by atoms with E-state index in [2.05, 4.69) is 40.4 Å². The van der Waals surface area contributed by atoms with Crippen LogP contribution in [0.2, 0.25) is 5.02 Å². The van der Waals surface area contributed by atoms with Crippen LogP contribution >= 0.6 is 11.6 Å². The Bertz CT molecular complexity index is 1380. The van der Waals surface area contributed by atoms with Gasteiger partial charge in [0.2, 0.25) is 0 Å². The monoisotopic (exact) mass is 456 g/mol. The van der Waals surface area contributed by atoms with Crippen LogP contribution < -0.4 is 10.5 Å². The second-order valence-electron chi connectivity index (χ2n) is 8.09. The molecule has 0 fully saturated rings. The minimum Gasteiger partial charge on any atom is -0.382 e. The normalized spacial score (nSPS) is 12.3. The Morgan fingerprint density at radius 1 is 1.03 bits per heavy atom. The van der Waals surface area contributed by atoms with Crippen molar-refractivity contribution in [1.29, 1.82) is 0 Å². The number of anilines is 2. The summed E-state index contributed by atoms with van der Waals surface area (Å²) in [6.45, 7) is 6.21. The maximum atomic E-state index is 13.1. The number of sulfonamides is 1. The van der Waals surface area contributed by atoms with E-state index < -0.39 is 10.0 Å². The molecule has 0 amide bonds. The molecule has 0 saturated heterocycles. The number of aromatic nitrogens is 4. The van der Waals surface area contributed by atoms with Gasteiger partial charge in [-0.3, -0.25) is 9.29 Å². The van der Waals surface area contributed by atoms with Crippen LogP contribution in [-0.2, 0) is 15.4 Å². The molecule has 8 nitrogen and oxygen atoms in total. The zero-order valence-electron chi connectivity index (χ0n) is 17.2. The summed E-state index contributed by atoms with van der Waals surface area (Å²) in [5.41, 5.74) is 8.46. The number of rotatable bonds is 4. The van der Waals surface area contributed by atoms with Crippen molar-refractivity contribution in [1.82, 2.24) is 19.5 Å². The summed E-state index contributed by atoms with van der Waals surface area (Å²) in [5, 5.41) is 0.427. The molecule has 0 aliphatic rings. The summed E-state index contributed by atoms with van der Waals surface area (Å²) >= 11 is 6.20. The summed E-state index contributed by atoms with van der Waals surface area (Å²) in [5.74, 6) is 0.229. The number of hydrogen-bond donors (Lipinski definition) is 2. The minimum absolute atomic E-state index is 0.0781. The molecule has 3 N–H and O–H groups in total. The maximum Gasteiger partial charge on any atom is 0.261 e. The Kier molecular flexibility index (Phi) is 5.10. The molecule has 0 aliphatic heterocycles. The fourth-order valence-electron chi connectivity index (χ4n) is 3.16. The first-order valence-electron chi connectivity index (χ1n) is 9.43. The molecule has 0 aliphatic carbocycles.